The molecule has 0 saturated carbocycles. The number of halogens is 1. The minimum Gasteiger partial charge on any atom is -0.442 e. The van der Waals surface area contributed by atoms with Crippen LogP contribution in [0.5, 0.6) is 0 Å². The first-order valence-electron chi connectivity index (χ1n) is 11.0. The molecule has 2 heterocycles. The number of hydrogen-bond acceptors (Lipinski definition) is 4. The Morgan fingerprint density at radius 1 is 1.18 bits per heavy atom. The summed E-state index contributed by atoms with van der Waals surface area (Å²) in [4.78, 5) is 26.1. The van der Waals surface area contributed by atoms with Gasteiger partial charge in [-0.05, 0) is 72.5 Å². The van der Waals surface area contributed by atoms with Crippen LogP contribution in [0, 0.1) is 12.7 Å². The second-order valence-electron chi connectivity index (χ2n) is 8.29. The summed E-state index contributed by atoms with van der Waals surface area (Å²) in [5.74, 6) is -0.588. The summed E-state index contributed by atoms with van der Waals surface area (Å²) < 4.78 is 20.2. The number of nitrogens with zero attached hydrogens (tertiary/aromatic N) is 1. The molecule has 2 amide bonds. The number of aryl methyl sites for hydroxylation is 3. The van der Waals surface area contributed by atoms with E-state index in [4.69, 9.17) is 4.74 Å². The average molecular weight is 467 g/mol. The van der Waals surface area contributed by atoms with Crippen molar-refractivity contribution >= 4 is 29.0 Å². The highest BCUT2D eigenvalue weighted by molar-refractivity contribution is 7.10. The zero-order valence-electron chi connectivity index (χ0n) is 18.8. The minimum absolute atomic E-state index is 0.191. The van der Waals surface area contributed by atoms with Gasteiger partial charge in [-0.2, -0.15) is 0 Å². The minimum atomic E-state index is -0.542. The fraction of sp³-hybridized carbons (Fsp3) is 0.308. The van der Waals surface area contributed by atoms with Gasteiger partial charge in [0, 0.05) is 17.4 Å². The number of nitrogens with one attached hydrogen (secondary N) is 1. The van der Waals surface area contributed by atoms with E-state index in [0.717, 1.165) is 24.8 Å². The van der Waals surface area contributed by atoms with Crippen LogP contribution >= 0.6 is 11.3 Å². The first kappa shape index (κ1) is 23.0. The number of amides is 2. The van der Waals surface area contributed by atoms with E-state index in [9.17, 15) is 14.0 Å². The summed E-state index contributed by atoms with van der Waals surface area (Å²) in [6.45, 7) is 4.05. The Morgan fingerprint density at radius 3 is 2.64 bits per heavy atom. The average Bonchev–Trinajstić information content (AvgIpc) is 3.38. The Bertz CT molecular complexity index is 1140. The molecule has 1 N–H and O–H groups in total. The Labute approximate surface area is 197 Å². The first-order valence-corrected chi connectivity index (χ1v) is 11.9. The van der Waals surface area contributed by atoms with Crippen molar-refractivity contribution in [2.45, 2.75) is 39.2 Å². The van der Waals surface area contributed by atoms with E-state index < -0.39 is 18.0 Å². The molecule has 4 rings (SSSR count). The molecule has 0 spiro atoms. The van der Waals surface area contributed by atoms with Crippen molar-refractivity contribution in [3.05, 3.63) is 75.7 Å². The highest BCUT2D eigenvalue weighted by Crippen LogP contribution is 2.29. The molecule has 0 aliphatic carbocycles. The standard InChI is InChI=1S/C26H27FN2O3S/c1-17-12-13-33-25(17)5-3-4-19-6-8-20(9-7-19)23-11-10-21(14-24(23)27)29-16-22(32-26(29)31)15-28-18(2)30/h6-14,22H,3-5,15-16H2,1-2H3,(H,28,30)/t22-/m0/s1. The van der Waals surface area contributed by atoms with E-state index in [1.54, 1.807) is 12.1 Å². The fourth-order valence-electron chi connectivity index (χ4n) is 3.97. The number of hydrogen-bond donors (Lipinski definition) is 1. The Kier molecular flexibility index (Phi) is 7.08. The summed E-state index contributed by atoms with van der Waals surface area (Å²) in [6, 6.07) is 14.9. The lowest BCUT2D eigenvalue weighted by molar-refractivity contribution is -0.119. The molecule has 0 radical (unpaired) electrons. The lowest BCUT2D eigenvalue weighted by atomic mass is 10.0. The largest absolute Gasteiger partial charge is 0.442 e. The van der Waals surface area contributed by atoms with E-state index >= 15 is 0 Å². The van der Waals surface area contributed by atoms with E-state index in [2.05, 4.69) is 35.8 Å². The molecule has 0 bridgehead atoms. The summed E-state index contributed by atoms with van der Waals surface area (Å²) in [7, 11) is 0. The zero-order chi connectivity index (χ0) is 23.4. The number of cyclic esters (lactones) is 1. The number of carbonyl (C=O) groups is 2. The zero-order valence-corrected chi connectivity index (χ0v) is 19.6. The highest BCUT2D eigenvalue weighted by atomic mass is 32.1. The topological polar surface area (TPSA) is 58.6 Å². The molecule has 7 heteroatoms. The van der Waals surface area contributed by atoms with Gasteiger partial charge in [-0.25, -0.2) is 9.18 Å². The van der Waals surface area contributed by atoms with E-state index in [-0.39, 0.29) is 19.0 Å². The normalized spacial score (nSPS) is 15.5. The lowest BCUT2D eigenvalue weighted by Crippen LogP contribution is -2.33. The number of benzene rings is 2. The van der Waals surface area contributed by atoms with Gasteiger partial charge in [-0.15, -0.1) is 11.3 Å². The summed E-state index contributed by atoms with van der Waals surface area (Å²) in [6.07, 6.45) is 2.14. The van der Waals surface area contributed by atoms with Crippen molar-refractivity contribution in [3.63, 3.8) is 0 Å². The first-order chi connectivity index (χ1) is 15.9. The smallest absolute Gasteiger partial charge is 0.414 e. The molecular formula is C26H27FN2O3S. The van der Waals surface area contributed by atoms with Gasteiger partial charge in [0.1, 0.15) is 11.9 Å². The van der Waals surface area contributed by atoms with Gasteiger partial charge in [0.05, 0.1) is 18.8 Å². The number of carbonyl (C=O) groups excluding carboxylic acids is 2. The monoisotopic (exact) mass is 466 g/mol. The van der Waals surface area contributed by atoms with E-state index in [1.807, 2.05) is 23.5 Å². The number of rotatable bonds is 8. The third-order valence-corrected chi connectivity index (χ3v) is 6.90. The summed E-state index contributed by atoms with van der Waals surface area (Å²) >= 11 is 1.81. The van der Waals surface area contributed by atoms with Crippen molar-refractivity contribution in [1.29, 1.82) is 0 Å². The van der Waals surface area contributed by atoms with Crippen LogP contribution in [0.4, 0.5) is 14.9 Å². The number of anilines is 1. The SMILES string of the molecule is CC(=O)NC[C@H]1CN(c2ccc(-c3ccc(CCCc4sccc4C)cc3)c(F)c2)C(=O)O1. The van der Waals surface area contributed by atoms with Gasteiger partial charge >= 0.3 is 6.09 Å². The third kappa shape index (κ3) is 5.60. The fourth-order valence-corrected chi connectivity index (χ4v) is 4.92. The van der Waals surface area contributed by atoms with E-state index in [0.29, 0.717) is 11.3 Å². The summed E-state index contributed by atoms with van der Waals surface area (Å²) in [5, 5.41) is 4.77. The molecule has 1 aliphatic rings. The van der Waals surface area contributed by atoms with Gasteiger partial charge in [-0.1, -0.05) is 24.3 Å². The predicted molar refractivity (Wildman–Crippen MR) is 129 cm³/mol. The molecule has 0 unspecified atom stereocenters. The molecule has 33 heavy (non-hydrogen) atoms. The van der Waals surface area contributed by atoms with Crippen LogP contribution < -0.4 is 10.2 Å². The Morgan fingerprint density at radius 2 is 1.97 bits per heavy atom. The molecule has 1 aliphatic heterocycles. The van der Waals surface area contributed by atoms with Crippen molar-refractivity contribution in [2.75, 3.05) is 18.0 Å². The van der Waals surface area contributed by atoms with Crippen LogP contribution in [0.3, 0.4) is 0 Å². The maximum Gasteiger partial charge on any atom is 0.414 e. The molecule has 1 fully saturated rings. The van der Waals surface area contributed by atoms with Gasteiger partial charge < -0.3 is 10.1 Å². The maximum atomic E-state index is 14.9. The third-order valence-electron chi connectivity index (χ3n) is 5.82. The Hall–Kier alpha value is -3.19. The maximum absolute atomic E-state index is 14.9. The van der Waals surface area contributed by atoms with Crippen LogP contribution in [0.25, 0.3) is 11.1 Å². The lowest BCUT2D eigenvalue weighted by Gasteiger charge is -2.15. The molecule has 172 valence electrons. The van der Waals surface area contributed by atoms with E-state index in [1.165, 1.54) is 33.9 Å². The second kappa shape index (κ2) is 10.2. The quantitative estimate of drug-likeness (QED) is 0.477. The Balaban J connectivity index is 1.38. The van der Waals surface area contributed by atoms with Gasteiger partial charge in [0.2, 0.25) is 5.91 Å². The van der Waals surface area contributed by atoms with Gasteiger partial charge in [-0.3, -0.25) is 9.69 Å². The second-order valence-corrected chi connectivity index (χ2v) is 9.30. The van der Waals surface area contributed by atoms with Crippen LogP contribution in [0.15, 0.2) is 53.9 Å². The van der Waals surface area contributed by atoms with Gasteiger partial charge in [0.25, 0.3) is 0 Å². The number of thiophene rings is 1. The highest BCUT2D eigenvalue weighted by Gasteiger charge is 2.32. The van der Waals surface area contributed by atoms with Gasteiger partial charge in [0.15, 0.2) is 0 Å². The molecule has 5 nitrogen and oxygen atoms in total. The molecular weight excluding hydrogens is 439 g/mol. The number of ether oxygens (including phenoxy) is 1. The van der Waals surface area contributed by atoms with Crippen LogP contribution in [-0.2, 0) is 22.4 Å². The van der Waals surface area contributed by atoms with Crippen molar-refractivity contribution < 1.29 is 18.7 Å². The van der Waals surface area contributed by atoms with Crippen molar-refractivity contribution in [1.82, 2.24) is 5.32 Å². The van der Waals surface area contributed by atoms with Crippen LogP contribution in [-0.4, -0.2) is 31.2 Å². The van der Waals surface area contributed by atoms with Crippen LogP contribution in [0.2, 0.25) is 0 Å². The van der Waals surface area contributed by atoms with Crippen molar-refractivity contribution in [3.8, 4) is 11.1 Å². The molecule has 1 aromatic heterocycles. The molecule has 1 saturated heterocycles. The molecule has 3 aromatic rings. The van der Waals surface area contributed by atoms with Crippen LogP contribution in [0.1, 0.15) is 29.3 Å². The molecule has 2 aromatic carbocycles. The van der Waals surface area contributed by atoms with Crippen molar-refractivity contribution in [2.24, 2.45) is 0 Å². The predicted octanol–water partition coefficient (Wildman–Crippen LogP) is 5.50. The summed E-state index contributed by atoms with van der Waals surface area (Å²) in [5.41, 5.74) is 4.31. The molecule has 1 atom stereocenters.